The van der Waals surface area contributed by atoms with Gasteiger partial charge in [-0.05, 0) is 14.0 Å². The fraction of sp³-hybridized carbons (Fsp3) is 1.00. The van der Waals surface area contributed by atoms with E-state index < -0.39 is 7.75 Å². The summed E-state index contributed by atoms with van der Waals surface area (Å²) in [5.74, 6) is 0.201. The van der Waals surface area contributed by atoms with Gasteiger partial charge in [-0.2, -0.15) is 0 Å². The highest BCUT2D eigenvalue weighted by Crippen LogP contribution is 2.41. The molecule has 0 bridgehead atoms. The lowest BCUT2D eigenvalue weighted by Gasteiger charge is -2.17. The Hall–Kier alpha value is 0.0700. The summed E-state index contributed by atoms with van der Waals surface area (Å²) in [5, 5.41) is 2.51. The Morgan fingerprint density at radius 3 is 2.50 bits per heavy atom. The van der Waals surface area contributed by atoms with E-state index in [2.05, 4.69) is 5.09 Å². The average Bonchev–Trinajstić information content (AvgIpc) is 2.23. The van der Waals surface area contributed by atoms with Crippen LogP contribution in [-0.4, -0.2) is 34.0 Å². The van der Waals surface area contributed by atoms with E-state index in [4.69, 9.17) is 13.8 Å². The zero-order chi connectivity index (χ0) is 11.0. The molecule has 0 fully saturated rings. The molecule has 0 aliphatic heterocycles. The summed E-state index contributed by atoms with van der Waals surface area (Å²) in [7, 11) is -0.182. The van der Waals surface area contributed by atoms with E-state index in [1.165, 1.54) is 14.2 Å². The van der Waals surface area contributed by atoms with Crippen molar-refractivity contribution in [2.45, 2.75) is 13.8 Å². The van der Waals surface area contributed by atoms with Crippen molar-refractivity contribution in [3.05, 3.63) is 0 Å². The van der Waals surface area contributed by atoms with Crippen LogP contribution < -0.4 is 5.09 Å². The quantitative estimate of drug-likeness (QED) is 0.636. The minimum atomic E-state index is -3.07. The van der Waals surface area contributed by atoms with Crippen LogP contribution in [0.1, 0.15) is 13.8 Å². The van der Waals surface area contributed by atoms with Gasteiger partial charge in [0.05, 0.1) is 13.2 Å². The zero-order valence-corrected chi connectivity index (χ0v) is 10.2. The Morgan fingerprint density at radius 1 is 1.43 bits per heavy atom. The third-order valence-corrected chi connectivity index (χ3v) is 3.17. The van der Waals surface area contributed by atoms with Crippen molar-refractivity contribution in [3.8, 4) is 0 Å². The van der Waals surface area contributed by atoms with Crippen molar-refractivity contribution in [1.82, 2.24) is 5.09 Å². The van der Waals surface area contributed by atoms with Crippen molar-refractivity contribution in [1.29, 1.82) is 0 Å². The lowest BCUT2D eigenvalue weighted by molar-refractivity contribution is 0.0885. The van der Waals surface area contributed by atoms with Crippen LogP contribution in [0.4, 0.5) is 0 Å². The normalized spacial score (nSPS) is 17.7. The van der Waals surface area contributed by atoms with Gasteiger partial charge in [0.25, 0.3) is 0 Å². The molecule has 0 aromatic heterocycles. The second-order valence-electron chi connectivity index (χ2n) is 2.96. The Bertz CT molecular complexity index is 180. The highest BCUT2D eigenvalue weighted by atomic mass is 31.2. The van der Waals surface area contributed by atoms with E-state index in [1.54, 1.807) is 0 Å². The number of nitrogens with one attached hydrogen (secondary N) is 1. The summed E-state index contributed by atoms with van der Waals surface area (Å²) >= 11 is 0. The summed E-state index contributed by atoms with van der Waals surface area (Å²) in [6, 6.07) is 0. The van der Waals surface area contributed by atoms with E-state index in [1.807, 2.05) is 13.8 Å². The molecule has 5 nitrogen and oxygen atoms in total. The van der Waals surface area contributed by atoms with Crippen LogP contribution in [0.2, 0.25) is 0 Å². The molecule has 0 aliphatic rings. The lowest BCUT2D eigenvalue weighted by Crippen LogP contribution is -2.15. The van der Waals surface area contributed by atoms with Gasteiger partial charge in [0.1, 0.15) is 0 Å². The predicted molar refractivity (Wildman–Crippen MR) is 55.3 cm³/mol. The summed E-state index contributed by atoms with van der Waals surface area (Å²) in [6.07, 6.45) is 0. The number of ether oxygens (including phenoxy) is 1. The molecule has 0 saturated carbocycles. The summed E-state index contributed by atoms with van der Waals surface area (Å²) in [5.41, 5.74) is 0. The minimum Gasteiger partial charge on any atom is -0.381 e. The van der Waals surface area contributed by atoms with Crippen LogP contribution in [0, 0.1) is 5.92 Å². The molecule has 0 rings (SSSR count). The first-order valence-corrected chi connectivity index (χ1v) is 6.19. The number of rotatable bonds is 8. The molecule has 0 heterocycles. The second kappa shape index (κ2) is 7.37. The van der Waals surface area contributed by atoms with Crippen molar-refractivity contribution in [3.63, 3.8) is 0 Å². The van der Waals surface area contributed by atoms with Crippen LogP contribution >= 0.6 is 7.75 Å². The molecule has 86 valence electrons. The topological polar surface area (TPSA) is 56.8 Å². The Labute approximate surface area is 85.7 Å². The Kier molecular flexibility index (Phi) is 7.41. The first-order chi connectivity index (χ1) is 6.58. The lowest BCUT2D eigenvalue weighted by atomic mass is 10.2. The molecule has 1 N–H and O–H groups in total. The molecular weight excluding hydrogens is 205 g/mol. The largest absolute Gasteiger partial charge is 0.404 e. The molecule has 0 aliphatic carbocycles. The van der Waals surface area contributed by atoms with Gasteiger partial charge in [0.2, 0.25) is 0 Å². The maximum atomic E-state index is 11.5. The first-order valence-electron chi connectivity index (χ1n) is 4.65. The van der Waals surface area contributed by atoms with Gasteiger partial charge in [-0.3, -0.25) is 4.52 Å². The van der Waals surface area contributed by atoms with Gasteiger partial charge in [0, 0.05) is 19.6 Å². The fourth-order valence-electron chi connectivity index (χ4n) is 0.801. The summed E-state index contributed by atoms with van der Waals surface area (Å²) in [6.45, 7) is 5.53. The third-order valence-electron chi connectivity index (χ3n) is 1.65. The molecule has 14 heavy (non-hydrogen) atoms. The first kappa shape index (κ1) is 14.1. The summed E-state index contributed by atoms with van der Waals surface area (Å²) < 4.78 is 26.6. The van der Waals surface area contributed by atoms with Gasteiger partial charge < -0.3 is 9.26 Å². The molecule has 0 amide bonds. The third kappa shape index (κ3) is 5.73. The molecule has 0 aromatic carbocycles. The molecule has 2 unspecified atom stereocenters. The van der Waals surface area contributed by atoms with E-state index >= 15 is 0 Å². The standard InChI is InChI=1S/C8H20NO4P/c1-5-12-6-8(2)7-13-14(10,9-3)11-4/h8H,5-7H2,1-4H3,(H,9,10). The monoisotopic (exact) mass is 225 g/mol. The van der Waals surface area contributed by atoms with Crippen molar-refractivity contribution in [2.75, 3.05) is 34.0 Å². The fourth-order valence-corrected chi connectivity index (χ4v) is 1.67. The van der Waals surface area contributed by atoms with Gasteiger partial charge >= 0.3 is 7.75 Å². The molecule has 6 heteroatoms. The highest BCUT2D eigenvalue weighted by molar-refractivity contribution is 7.51. The maximum absolute atomic E-state index is 11.5. The number of hydrogen-bond acceptors (Lipinski definition) is 4. The SMILES string of the molecule is CCOCC(C)COP(=O)(NC)OC. The van der Waals surface area contributed by atoms with Gasteiger partial charge in [-0.25, -0.2) is 9.65 Å². The van der Waals surface area contributed by atoms with Gasteiger partial charge in [0.15, 0.2) is 0 Å². The smallest absolute Gasteiger partial charge is 0.381 e. The Balaban J connectivity index is 3.74. The Morgan fingerprint density at radius 2 is 2.07 bits per heavy atom. The summed E-state index contributed by atoms with van der Waals surface area (Å²) in [4.78, 5) is 0. The van der Waals surface area contributed by atoms with E-state index in [0.717, 1.165) is 0 Å². The van der Waals surface area contributed by atoms with Crippen LogP contribution in [0.15, 0.2) is 0 Å². The van der Waals surface area contributed by atoms with Gasteiger partial charge in [-0.1, -0.05) is 6.92 Å². The zero-order valence-electron chi connectivity index (χ0n) is 9.28. The van der Waals surface area contributed by atoms with E-state index in [9.17, 15) is 4.57 Å². The van der Waals surface area contributed by atoms with Crippen molar-refractivity contribution < 1.29 is 18.3 Å². The molecule has 0 radical (unpaired) electrons. The molecule has 2 atom stereocenters. The highest BCUT2D eigenvalue weighted by Gasteiger charge is 2.20. The van der Waals surface area contributed by atoms with Gasteiger partial charge in [-0.15, -0.1) is 0 Å². The van der Waals surface area contributed by atoms with Crippen LogP contribution in [-0.2, 0) is 18.3 Å². The number of hydrogen-bond donors (Lipinski definition) is 1. The van der Waals surface area contributed by atoms with E-state index in [0.29, 0.717) is 19.8 Å². The van der Waals surface area contributed by atoms with Crippen LogP contribution in [0.25, 0.3) is 0 Å². The van der Waals surface area contributed by atoms with Crippen LogP contribution in [0.5, 0.6) is 0 Å². The van der Waals surface area contributed by atoms with Crippen molar-refractivity contribution >= 4 is 7.75 Å². The second-order valence-corrected chi connectivity index (χ2v) is 5.03. The minimum absolute atomic E-state index is 0.201. The van der Waals surface area contributed by atoms with E-state index in [-0.39, 0.29) is 5.92 Å². The molecule has 0 saturated heterocycles. The molecule has 0 aromatic rings. The molecular formula is C8H20NO4P. The predicted octanol–water partition coefficient (Wildman–Crippen LogP) is 1.65. The maximum Gasteiger partial charge on any atom is 0.404 e. The van der Waals surface area contributed by atoms with Crippen LogP contribution in [0.3, 0.4) is 0 Å². The molecule has 0 spiro atoms. The van der Waals surface area contributed by atoms with Crippen molar-refractivity contribution in [2.24, 2.45) is 5.92 Å². The average molecular weight is 225 g/mol.